The Hall–Kier alpha value is -2.29. The second-order valence-corrected chi connectivity index (χ2v) is 8.63. The molecule has 1 aromatic carbocycles. The van der Waals surface area contributed by atoms with Crippen molar-refractivity contribution in [1.29, 1.82) is 0 Å². The molecule has 1 saturated heterocycles. The summed E-state index contributed by atoms with van der Waals surface area (Å²) in [6.07, 6.45) is 4.16. The van der Waals surface area contributed by atoms with Crippen molar-refractivity contribution in [3.63, 3.8) is 0 Å². The summed E-state index contributed by atoms with van der Waals surface area (Å²) in [5.41, 5.74) is 0.322. The molecule has 0 unspecified atom stereocenters. The van der Waals surface area contributed by atoms with Gasteiger partial charge < -0.3 is 4.74 Å². The molecule has 1 aliphatic rings. The lowest BCUT2D eigenvalue weighted by atomic mass is 10.1. The average molecular weight is 423 g/mol. The Balaban J connectivity index is 1.64. The van der Waals surface area contributed by atoms with Gasteiger partial charge in [0, 0.05) is 24.8 Å². The smallest absolute Gasteiger partial charge is 0.341 e. The summed E-state index contributed by atoms with van der Waals surface area (Å²) in [4.78, 5) is 28.1. The summed E-state index contributed by atoms with van der Waals surface area (Å²) in [5.74, 6) is -1.20. The van der Waals surface area contributed by atoms with Gasteiger partial charge in [0.15, 0.2) is 12.4 Å². The van der Waals surface area contributed by atoms with Gasteiger partial charge >= 0.3 is 5.97 Å². The molecular formula is C19H19ClN2O5S. The van der Waals surface area contributed by atoms with Crippen LogP contribution in [-0.4, -0.2) is 49.2 Å². The van der Waals surface area contributed by atoms with E-state index in [0.717, 1.165) is 19.3 Å². The van der Waals surface area contributed by atoms with E-state index >= 15 is 0 Å². The maximum absolute atomic E-state index is 12.6. The predicted octanol–water partition coefficient (Wildman–Crippen LogP) is 2.95. The molecule has 0 amide bonds. The number of halogens is 1. The van der Waals surface area contributed by atoms with E-state index in [4.69, 9.17) is 16.3 Å². The SMILES string of the molecule is O=C(COC(=O)c1cccnc1Cl)c1ccc(S(=O)(=O)N2CCCCC2)cc1. The van der Waals surface area contributed by atoms with Gasteiger partial charge in [-0.1, -0.05) is 18.0 Å². The summed E-state index contributed by atoms with van der Waals surface area (Å²) in [5, 5.41) is -0.00720. The number of benzene rings is 1. The second-order valence-electron chi connectivity index (χ2n) is 6.33. The van der Waals surface area contributed by atoms with Crippen molar-refractivity contribution in [1.82, 2.24) is 9.29 Å². The number of carbonyl (C=O) groups excluding carboxylic acids is 2. The lowest BCUT2D eigenvalue weighted by molar-refractivity contribution is 0.0474. The van der Waals surface area contributed by atoms with Gasteiger partial charge in [-0.3, -0.25) is 4.79 Å². The topological polar surface area (TPSA) is 93.6 Å². The number of rotatable bonds is 6. The van der Waals surface area contributed by atoms with Gasteiger partial charge in [0.2, 0.25) is 10.0 Å². The lowest BCUT2D eigenvalue weighted by Gasteiger charge is -2.25. The number of nitrogens with zero attached hydrogens (tertiary/aromatic N) is 2. The first-order valence-electron chi connectivity index (χ1n) is 8.80. The Kier molecular flexibility index (Phi) is 6.43. The predicted molar refractivity (Wildman–Crippen MR) is 103 cm³/mol. The van der Waals surface area contributed by atoms with Crippen LogP contribution in [0, 0.1) is 0 Å². The third kappa shape index (κ3) is 4.57. The van der Waals surface area contributed by atoms with Gasteiger partial charge in [0.25, 0.3) is 0 Å². The zero-order chi connectivity index (χ0) is 20.1. The van der Waals surface area contributed by atoms with Gasteiger partial charge in [-0.15, -0.1) is 0 Å². The van der Waals surface area contributed by atoms with E-state index in [1.54, 1.807) is 0 Å². The van der Waals surface area contributed by atoms with Crippen molar-refractivity contribution < 1.29 is 22.7 Å². The Morgan fingerprint density at radius 2 is 1.75 bits per heavy atom. The molecule has 2 heterocycles. The highest BCUT2D eigenvalue weighted by Crippen LogP contribution is 2.21. The summed E-state index contributed by atoms with van der Waals surface area (Å²) < 4.78 is 31.7. The van der Waals surface area contributed by atoms with Crippen LogP contribution in [0.2, 0.25) is 5.15 Å². The van der Waals surface area contributed by atoms with Crippen LogP contribution in [0.25, 0.3) is 0 Å². The van der Waals surface area contributed by atoms with Crippen LogP contribution < -0.4 is 0 Å². The number of carbonyl (C=O) groups is 2. The van der Waals surface area contributed by atoms with Gasteiger partial charge in [-0.05, 0) is 49.2 Å². The maximum Gasteiger partial charge on any atom is 0.341 e. The zero-order valence-corrected chi connectivity index (χ0v) is 16.6. The van der Waals surface area contributed by atoms with Crippen molar-refractivity contribution in [2.24, 2.45) is 0 Å². The van der Waals surface area contributed by atoms with E-state index in [2.05, 4.69) is 4.98 Å². The molecule has 0 bridgehead atoms. The highest BCUT2D eigenvalue weighted by atomic mass is 35.5. The molecule has 28 heavy (non-hydrogen) atoms. The van der Waals surface area contributed by atoms with E-state index < -0.39 is 28.4 Å². The molecule has 1 aromatic heterocycles. The third-order valence-electron chi connectivity index (χ3n) is 4.44. The summed E-state index contributed by atoms with van der Waals surface area (Å²) >= 11 is 5.82. The molecule has 2 aromatic rings. The van der Waals surface area contributed by atoms with E-state index in [1.165, 1.54) is 46.9 Å². The Labute approximate surface area is 168 Å². The minimum absolute atomic E-state index is 0.00720. The fraction of sp³-hybridized carbons (Fsp3) is 0.316. The molecule has 0 radical (unpaired) electrons. The number of aromatic nitrogens is 1. The molecule has 9 heteroatoms. The number of hydrogen-bond acceptors (Lipinski definition) is 6. The van der Waals surface area contributed by atoms with E-state index in [0.29, 0.717) is 13.1 Å². The van der Waals surface area contributed by atoms with Gasteiger partial charge in [0.05, 0.1) is 10.5 Å². The van der Waals surface area contributed by atoms with Gasteiger partial charge in [-0.25, -0.2) is 18.2 Å². The maximum atomic E-state index is 12.6. The Bertz CT molecular complexity index is 970. The normalized spacial score (nSPS) is 15.2. The minimum Gasteiger partial charge on any atom is -0.454 e. The van der Waals surface area contributed by atoms with Crippen LogP contribution in [0.3, 0.4) is 0 Å². The third-order valence-corrected chi connectivity index (χ3v) is 6.66. The molecule has 0 saturated carbocycles. The van der Waals surface area contributed by atoms with Crippen LogP contribution in [0.5, 0.6) is 0 Å². The van der Waals surface area contributed by atoms with Crippen molar-refractivity contribution in [2.75, 3.05) is 19.7 Å². The van der Waals surface area contributed by atoms with Crippen LogP contribution in [0.15, 0.2) is 47.5 Å². The first-order valence-corrected chi connectivity index (χ1v) is 10.6. The largest absolute Gasteiger partial charge is 0.454 e. The highest BCUT2D eigenvalue weighted by Gasteiger charge is 2.26. The number of piperidine rings is 1. The number of pyridine rings is 1. The number of Topliss-reactive ketones (excluding diaryl/α,β-unsaturated/α-hetero) is 1. The quantitative estimate of drug-likeness (QED) is 0.403. The van der Waals surface area contributed by atoms with Crippen molar-refractivity contribution >= 4 is 33.4 Å². The number of esters is 1. The fourth-order valence-electron chi connectivity index (χ4n) is 2.90. The summed E-state index contributed by atoms with van der Waals surface area (Å²) in [7, 11) is -3.56. The monoisotopic (exact) mass is 422 g/mol. The molecule has 148 valence electrons. The first kappa shape index (κ1) is 20.4. The van der Waals surface area contributed by atoms with Gasteiger partial charge in [0.1, 0.15) is 5.15 Å². The first-order chi connectivity index (χ1) is 13.4. The standard InChI is InChI=1S/C19H19ClN2O5S/c20-18-16(5-4-10-21-18)19(24)27-13-17(23)14-6-8-15(9-7-14)28(25,26)22-11-2-1-3-12-22/h4-10H,1-3,11-13H2. The van der Waals surface area contributed by atoms with Crippen LogP contribution in [-0.2, 0) is 14.8 Å². The average Bonchev–Trinajstić information content (AvgIpc) is 2.73. The molecule has 0 atom stereocenters. The van der Waals surface area contributed by atoms with Crippen LogP contribution in [0.1, 0.15) is 40.0 Å². The molecule has 3 rings (SSSR count). The van der Waals surface area contributed by atoms with E-state index in [1.807, 2.05) is 0 Å². The Morgan fingerprint density at radius 1 is 1.07 bits per heavy atom. The van der Waals surface area contributed by atoms with Crippen molar-refractivity contribution in [2.45, 2.75) is 24.2 Å². The van der Waals surface area contributed by atoms with E-state index in [-0.39, 0.29) is 21.2 Å². The van der Waals surface area contributed by atoms with Crippen LogP contribution in [0.4, 0.5) is 0 Å². The fourth-order valence-corrected chi connectivity index (χ4v) is 4.61. The molecule has 0 spiro atoms. The van der Waals surface area contributed by atoms with Crippen molar-refractivity contribution in [3.8, 4) is 0 Å². The summed E-state index contributed by atoms with van der Waals surface area (Å²) in [6, 6.07) is 8.62. The van der Waals surface area contributed by atoms with Crippen molar-refractivity contribution in [3.05, 3.63) is 58.9 Å². The molecular weight excluding hydrogens is 404 g/mol. The molecule has 0 N–H and O–H groups in total. The number of hydrogen-bond donors (Lipinski definition) is 0. The van der Waals surface area contributed by atoms with Crippen LogP contribution >= 0.6 is 11.6 Å². The second kappa shape index (κ2) is 8.81. The van der Waals surface area contributed by atoms with E-state index in [9.17, 15) is 18.0 Å². The molecule has 1 aliphatic heterocycles. The minimum atomic E-state index is -3.56. The zero-order valence-electron chi connectivity index (χ0n) is 15.0. The molecule has 1 fully saturated rings. The highest BCUT2D eigenvalue weighted by molar-refractivity contribution is 7.89. The summed E-state index contributed by atoms with van der Waals surface area (Å²) in [6.45, 7) is 0.536. The lowest BCUT2D eigenvalue weighted by Crippen LogP contribution is -2.35. The number of sulfonamides is 1. The Morgan fingerprint density at radius 3 is 2.39 bits per heavy atom. The number of ether oxygens (including phenoxy) is 1. The molecule has 7 nitrogen and oxygen atoms in total. The molecule has 0 aliphatic carbocycles. The van der Waals surface area contributed by atoms with Gasteiger partial charge in [-0.2, -0.15) is 4.31 Å². The number of ketones is 1.